The van der Waals surface area contributed by atoms with E-state index in [4.69, 9.17) is 10.5 Å². The number of nitrogens with two attached hydrogens (primary N) is 1. The van der Waals surface area contributed by atoms with Gasteiger partial charge >= 0.3 is 0 Å². The Labute approximate surface area is 87.1 Å². The zero-order chi connectivity index (χ0) is 10.8. The van der Waals surface area contributed by atoms with Crippen LogP contribution >= 0.6 is 0 Å². The second kappa shape index (κ2) is 3.78. The number of rotatable bonds is 1. The lowest BCUT2D eigenvalue weighted by Crippen LogP contribution is -2.41. The molecule has 0 aromatic heterocycles. The zero-order valence-corrected chi connectivity index (χ0v) is 8.14. The molecule has 80 valence electrons. The van der Waals surface area contributed by atoms with Crippen LogP contribution in [0.3, 0.4) is 0 Å². The van der Waals surface area contributed by atoms with Crippen LogP contribution < -0.4 is 10.6 Å². The van der Waals surface area contributed by atoms with Gasteiger partial charge in [0.05, 0.1) is 12.3 Å². The largest absolute Gasteiger partial charge is 0.506 e. The van der Waals surface area contributed by atoms with E-state index >= 15 is 0 Å². The summed E-state index contributed by atoms with van der Waals surface area (Å²) in [5, 5.41) is 9.42. The minimum atomic E-state index is -0.106. The maximum absolute atomic E-state index is 11.5. The Balaban J connectivity index is 2.28. The van der Waals surface area contributed by atoms with Crippen molar-refractivity contribution in [3.05, 3.63) is 18.2 Å². The third-order valence-electron chi connectivity index (χ3n) is 2.31. The van der Waals surface area contributed by atoms with Gasteiger partial charge in [0.25, 0.3) is 5.91 Å². The summed E-state index contributed by atoms with van der Waals surface area (Å²) in [4.78, 5) is 13.1. The molecule has 1 aromatic rings. The molecule has 1 amide bonds. The van der Waals surface area contributed by atoms with E-state index in [0.717, 1.165) is 0 Å². The fraction of sp³-hybridized carbons (Fsp3) is 0.300. The average Bonchev–Trinajstić information content (AvgIpc) is 2.23. The summed E-state index contributed by atoms with van der Waals surface area (Å²) in [6, 6.07) is 4.77. The number of nitrogens with zero attached hydrogens (tertiary/aromatic N) is 1. The van der Waals surface area contributed by atoms with Crippen LogP contribution in [0.2, 0.25) is 0 Å². The number of hydrogen-bond donors (Lipinski definition) is 2. The second-order valence-corrected chi connectivity index (χ2v) is 3.34. The first-order valence-corrected chi connectivity index (χ1v) is 4.65. The number of carbonyl (C=O) groups excluding carboxylic acids is 1. The number of aromatic hydroxyl groups is 1. The second-order valence-electron chi connectivity index (χ2n) is 3.34. The summed E-state index contributed by atoms with van der Waals surface area (Å²) in [6.45, 7) is 1.10. The van der Waals surface area contributed by atoms with Crippen LogP contribution in [0, 0.1) is 0 Å². The molecular weight excluding hydrogens is 196 g/mol. The highest BCUT2D eigenvalue weighted by Crippen LogP contribution is 2.26. The lowest BCUT2D eigenvalue weighted by Gasteiger charge is -2.26. The first-order chi connectivity index (χ1) is 7.18. The lowest BCUT2D eigenvalue weighted by molar-refractivity contribution is -0.125. The topological polar surface area (TPSA) is 75.8 Å². The van der Waals surface area contributed by atoms with E-state index in [1.165, 1.54) is 6.07 Å². The molecule has 0 unspecified atom stereocenters. The lowest BCUT2D eigenvalue weighted by atomic mass is 10.2. The van der Waals surface area contributed by atoms with E-state index < -0.39 is 0 Å². The van der Waals surface area contributed by atoms with Gasteiger partial charge in [-0.3, -0.25) is 4.79 Å². The van der Waals surface area contributed by atoms with Crippen LogP contribution in [0.4, 0.5) is 11.4 Å². The summed E-state index contributed by atoms with van der Waals surface area (Å²) >= 11 is 0. The molecule has 1 aliphatic rings. The predicted molar refractivity (Wildman–Crippen MR) is 55.7 cm³/mol. The Kier molecular flexibility index (Phi) is 2.47. The van der Waals surface area contributed by atoms with E-state index in [-0.39, 0.29) is 18.3 Å². The molecule has 0 atom stereocenters. The number of carbonyl (C=O) groups is 1. The molecule has 5 nitrogen and oxygen atoms in total. The van der Waals surface area contributed by atoms with Gasteiger partial charge in [0, 0.05) is 18.3 Å². The first kappa shape index (κ1) is 9.79. The first-order valence-electron chi connectivity index (χ1n) is 4.65. The molecular formula is C10H12N2O3. The van der Waals surface area contributed by atoms with Crippen LogP contribution in [0.1, 0.15) is 0 Å². The SMILES string of the molecule is Nc1ccc(N2CCOCC2=O)cc1O. The highest BCUT2D eigenvalue weighted by Gasteiger charge is 2.20. The molecule has 0 spiro atoms. The fourth-order valence-electron chi connectivity index (χ4n) is 1.49. The van der Waals surface area contributed by atoms with Crippen molar-refractivity contribution in [2.45, 2.75) is 0 Å². The van der Waals surface area contributed by atoms with Gasteiger partial charge in [-0.05, 0) is 12.1 Å². The highest BCUT2D eigenvalue weighted by atomic mass is 16.5. The van der Waals surface area contributed by atoms with Crippen LogP contribution in [-0.4, -0.2) is 30.8 Å². The molecule has 1 saturated heterocycles. The van der Waals surface area contributed by atoms with E-state index in [1.54, 1.807) is 17.0 Å². The molecule has 0 bridgehead atoms. The monoisotopic (exact) mass is 208 g/mol. The van der Waals surface area contributed by atoms with Gasteiger partial charge in [-0.1, -0.05) is 0 Å². The summed E-state index contributed by atoms with van der Waals surface area (Å²) in [6.07, 6.45) is 0. The molecule has 1 heterocycles. The van der Waals surface area contributed by atoms with Gasteiger partial charge in [-0.25, -0.2) is 0 Å². The normalized spacial score (nSPS) is 16.8. The number of amides is 1. The Bertz CT molecular complexity index is 392. The van der Waals surface area contributed by atoms with Crippen molar-refractivity contribution in [2.24, 2.45) is 0 Å². The van der Waals surface area contributed by atoms with E-state index in [9.17, 15) is 9.90 Å². The van der Waals surface area contributed by atoms with Crippen molar-refractivity contribution >= 4 is 17.3 Å². The van der Waals surface area contributed by atoms with Gasteiger partial charge in [-0.2, -0.15) is 0 Å². The molecule has 5 heteroatoms. The minimum absolute atomic E-state index is 0.00760. The molecule has 0 saturated carbocycles. The minimum Gasteiger partial charge on any atom is -0.506 e. The molecule has 1 aliphatic heterocycles. The smallest absolute Gasteiger partial charge is 0.253 e. The van der Waals surface area contributed by atoms with Gasteiger partial charge < -0.3 is 20.5 Å². The van der Waals surface area contributed by atoms with Crippen molar-refractivity contribution in [1.82, 2.24) is 0 Å². The molecule has 0 aliphatic carbocycles. The standard InChI is InChI=1S/C10H12N2O3/c11-8-2-1-7(5-9(8)13)12-3-4-15-6-10(12)14/h1-2,5,13H,3-4,6,11H2. The van der Waals surface area contributed by atoms with Gasteiger partial charge in [0.1, 0.15) is 12.4 Å². The van der Waals surface area contributed by atoms with Crippen molar-refractivity contribution in [3.8, 4) is 5.75 Å². The summed E-state index contributed by atoms with van der Waals surface area (Å²) < 4.78 is 5.01. The predicted octanol–water partition coefficient (Wildman–Crippen LogP) is 0.338. The summed E-state index contributed by atoms with van der Waals surface area (Å²) in [7, 11) is 0. The summed E-state index contributed by atoms with van der Waals surface area (Å²) in [5.74, 6) is -0.114. The van der Waals surface area contributed by atoms with Gasteiger partial charge in [0.2, 0.25) is 0 Å². The van der Waals surface area contributed by atoms with E-state index in [2.05, 4.69) is 0 Å². The van der Waals surface area contributed by atoms with Crippen LogP contribution in [0.15, 0.2) is 18.2 Å². The summed E-state index contributed by atoms with van der Waals surface area (Å²) in [5.41, 5.74) is 6.43. The van der Waals surface area contributed by atoms with E-state index in [0.29, 0.717) is 24.5 Å². The Hall–Kier alpha value is -1.75. The zero-order valence-electron chi connectivity index (χ0n) is 8.14. The van der Waals surface area contributed by atoms with Gasteiger partial charge in [-0.15, -0.1) is 0 Å². The Morgan fingerprint density at radius 1 is 1.47 bits per heavy atom. The number of benzene rings is 1. The Morgan fingerprint density at radius 2 is 2.27 bits per heavy atom. The third-order valence-corrected chi connectivity index (χ3v) is 2.31. The molecule has 0 radical (unpaired) electrons. The number of nitrogen functional groups attached to an aromatic ring is 1. The number of hydrogen-bond acceptors (Lipinski definition) is 4. The van der Waals surface area contributed by atoms with E-state index in [1.807, 2.05) is 0 Å². The van der Waals surface area contributed by atoms with Crippen LogP contribution in [0.5, 0.6) is 5.75 Å². The third kappa shape index (κ3) is 1.87. The molecule has 3 N–H and O–H groups in total. The number of phenolic OH excluding ortho intramolecular Hbond substituents is 1. The highest BCUT2D eigenvalue weighted by molar-refractivity contribution is 5.95. The Morgan fingerprint density at radius 3 is 2.93 bits per heavy atom. The van der Waals surface area contributed by atoms with Crippen molar-refractivity contribution in [1.29, 1.82) is 0 Å². The quantitative estimate of drug-likeness (QED) is 0.515. The molecule has 2 rings (SSSR count). The molecule has 1 aromatic carbocycles. The maximum Gasteiger partial charge on any atom is 0.253 e. The molecule has 1 fully saturated rings. The fourth-order valence-corrected chi connectivity index (χ4v) is 1.49. The van der Waals surface area contributed by atoms with Crippen molar-refractivity contribution in [2.75, 3.05) is 30.4 Å². The average molecular weight is 208 g/mol. The number of anilines is 2. The maximum atomic E-state index is 11.5. The number of phenols is 1. The van der Waals surface area contributed by atoms with Gasteiger partial charge in [0.15, 0.2) is 0 Å². The van der Waals surface area contributed by atoms with Crippen LogP contribution in [-0.2, 0) is 9.53 Å². The van der Waals surface area contributed by atoms with Crippen molar-refractivity contribution in [3.63, 3.8) is 0 Å². The number of morpholine rings is 1. The van der Waals surface area contributed by atoms with Crippen molar-refractivity contribution < 1.29 is 14.6 Å². The molecule has 15 heavy (non-hydrogen) atoms. The number of ether oxygens (including phenoxy) is 1. The van der Waals surface area contributed by atoms with Crippen LogP contribution in [0.25, 0.3) is 0 Å².